The highest BCUT2D eigenvalue weighted by molar-refractivity contribution is 14.1. The minimum atomic E-state index is -0.130. The monoisotopic (exact) mass is 666 g/mol. The van der Waals surface area contributed by atoms with Crippen LogP contribution >= 0.6 is 46.0 Å². The molecule has 5 nitrogen and oxygen atoms in total. The topological polar surface area (TPSA) is 51.1 Å². The summed E-state index contributed by atoms with van der Waals surface area (Å²) in [7, 11) is 0. The van der Waals surface area contributed by atoms with Gasteiger partial charge in [0.25, 0.3) is 5.91 Å². The van der Waals surface area contributed by atoms with Crippen molar-refractivity contribution in [3.05, 3.63) is 122 Å². The molecule has 0 radical (unpaired) electrons. The standard InChI is InChI=1S/C31H24ClIN2O3S/c1-2-37-27-18-22(17-26(33)29(27)38-20-21-10-9-11-23(32)16-21)19-28-30(36)35(25-14-7-4-8-15-25)31(39-28)34-24-12-5-3-6-13-24/h3-19H,2,20H2,1H3/b28-19+,34-31?. The summed E-state index contributed by atoms with van der Waals surface area (Å²) < 4.78 is 13.0. The van der Waals surface area contributed by atoms with Gasteiger partial charge in [0.15, 0.2) is 16.7 Å². The summed E-state index contributed by atoms with van der Waals surface area (Å²) in [4.78, 5) is 20.7. The average Bonchev–Trinajstić information content (AvgIpc) is 3.23. The second kappa shape index (κ2) is 12.7. The Bertz CT molecular complexity index is 1540. The van der Waals surface area contributed by atoms with Crippen LogP contribution in [0.3, 0.4) is 0 Å². The molecule has 1 heterocycles. The number of ether oxygens (including phenoxy) is 2. The minimum absolute atomic E-state index is 0.130. The van der Waals surface area contributed by atoms with E-state index in [2.05, 4.69) is 22.6 Å². The number of carbonyl (C=O) groups is 1. The number of halogens is 2. The molecule has 0 atom stereocenters. The molecule has 39 heavy (non-hydrogen) atoms. The summed E-state index contributed by atoms with van der Waals surface area (Å²) in [5.74, 6) is 1.14. The second-order valence-electron chi connectivity index (χ2n) is 8.50. The number of anilines is 1. The minimum Gasteiger partial charge on any atom is -0.490 e. The normalized spacial score (nSPS) is 15.3. The number of carbonyl (C=O) groups excluding carboxylic acids is 1. The number of thioether (sulfide) groups is 1. The Kier molecular flexibility index (Phi) is 8.91. The van der Waals surface area contributed by atoms with Gasteiger partial charge in [0.05, 0.1) is 26.5 Å². The van der Waals surface area contributed by atoms with Crippen LogP contribution in [0.2, 0.25) is 5.02 Å². The number of aliphatic imine (C=N–C) groups is 1. The van der Waals surface area contributed by atoms with Gasteiger partial charge in [-0.2, -0.15) is 0 Å². The summed E-state index contributed by atoms with van der Waals surface area (Å²) in [6.45, 7) is 2.77. The van der Waals surface area contributed by atoms with E-state index < -0.39 is 0 Å². The highest BCUT2D eigenvalue weighted by Crippen LogP contribution is 2.40. The van der Waals surface area contributed by atoms with Crippen LogP contribution in [0.25, 0.3) is 6.08 Å². The Labute approximate surface area is 250 Å². The van der Waals surface area contributed by atoms with Gasteiger partial charge in [-0.25, -0.2) is 4.99 Å². The number of amidine groups is 1. The van der Waals surface area contributed by atoms with Gasteiger partial charge >= 0.3 is 0 Å². The maximum absolute atomic E-state index is 13.6. The Hall–Kier alpha value is -3.27. The SMILES string of the molecule is CCOc1cc(/C=C2/SC(=Nc3ccccc3)N(c3ccccc3)C2=O)cc(I)c1OCc1cccc(Cl)c1. The number of hydrogen-bond acceptors (Lipinski definition) is 5. The summed E-state index contributed by atoms with van der Waals surface area (Å²) >= 11 is 9.72. The summed E-state index contributed by atoms with van der Waals surface area (Å²) in [6, 6.07) is 30.7. The van der Waals surface area contributed by atoms with Crippen molar-refractivity contribution in [2.45, 2.75) is 13.5 Å². The smallest absolute Gasteiger partial charge is 0.271 e. The van der Waals surface area contributed by atoms with Gasteiger partial charge in [-0.05, 0) is 107 Å². The van der Waals surface area contributed by atoms with Crippen molar-refractivity contribution in [3.8, 4) is 11.5 Å². The molecule has 1 saturated heterocycles. The third-order valence-corrected chi connectivity index (χ3v) is 7.71. The van der Waals surface area contributed by atoms with Crippen LogP contribution in [0.4, 0.5) is 11.4 Å². The molecule has 196 valence electrons. The molecular formula is C31H24ClIN2O3S. The van der Waals surface area contributed by atoms with Gasteiger partial charge < -0.3 is 9.47 Å². The third kappa shape index (κ3) is 6.66. The van der Waals surface area contributed by atoms with E-state index in [1.165, 1.54) is 11.8 Å². The van der Waals surface area contributed by atoms with Gasteiger partial charge in [-0.3, -0.25) is 9.69 Å². The van der Waals surface area contributed by atoms with Gasteiger partial charge in [0, 0.05) is 5.02 Å². The fraction of sp³-hybridized carbons (Fsp3) is 0.0968. The third-order valence-electron chi connectivity index (χ3n) is 5.70. The number of benzene rings is 4. The first-order valence-electron chi connectivity index (χ1n) is 12.3. The zero-order valence-corrected chi connectivity index (χ0v) is 24.7. The van der Waals surface area contributed by atoms with Crippen LogP contribution in [-0.4, -0.2) is 17.7 Å². The van der Waals surface area contributed by atoms with Crippen molar-refractivity contribution in [1.82, 2.24) is 0 Å². The molecule has 1 amide bonds. The predicted molar refractivity (Wildman–Crippen MR) is 169 cm³/mol. The van der Waals surface area contributed by atoms with E-state index >= 15 is 0 Å². The van der Waals surface area contributed by atoms with Crippen molar-refractivity contribution in [3.63, 3.8) is 0 Å². The van der Waals surface area contributed by atoms with Gasteiger partial charge in [0.2, 0.25) is 0 Å². The van der Waals surface area contributed by atoms with E-state index in [9.17, 15) is 4.79 Å². The van der Waals surface area contributed by atoms with Crippen LogP contribution in [0, 0.1) is 3.57 Å². The molecule has 0 unspecified atom stereocenters. The molecule has 4 aromatic carbocycles. The number of hydrogen-bond donors (Lipinski definition) is 0. The quantitative estimate of drug-likeness (QED) is 0.139. The first-order valence-corrected chi connectivity index (χ1v) is 14.6. The Morgan fingerprint density at radius 1 is 0.949 bits per heavy atom. The van der Waals surface area contributed by atoms with Crippen LogP contribution in [0.15, 0.2) is 107 Å². The predicted octanol–water partition coefficient (Wildman–Crippen LogP) is 8.73. The largest absolute Gasteiger partial charge is 0.490 e. The molecule has 1 aliphatic rings. The van der Waals surface area contributed by atoms with Crippen LogP contribution in [-0.2, 0) is 11.4 Å². The van der Waals surface area contributed by atoms with E-state index in [-0.39, 0.29) is 5.91 Å². The Balaban J connectivity index is 1.47. The lowest BCUT2D eigenvalue weighted by Crippen LogP contribution is -2.28. The van der Waals surface area contributed by atoms with Crippen LogP contribution in [0.1, 0.15) is 18.1 Å². The van der Waals surface area contributed by atoms with E-state index in [4.69, 9.17) is 26.1 Å². The fourth-order valence-electron chi connectivity index (χ4n) is 3.97. The van der Waals surface area contributed by atoms with Crippen LogP contribution in [0.5, 0.6) is 11.5 Å². The number of para-hydroxylation sites is 2. The van der Waals surface area contributed by atoms with Crippen molar-refractivity contribution in [1.29, 1.82) is 0 Å². The van der Waals surface area contributed by atoms with E-state index in [0.29, 0.717) is 39.8 Å². The Morgan fingerprint density at radius 3 is 2.41 bits per heavy atom. The van der Waals surface area contributed by atoms with Gasteiger partial charge in [0.1, 0.15) is 6.61 Å². The summed E-state index contributed by atoms with van der Waals surface area (Å²) in [5.41, 5.74) is 3.35. The average molecular weight is 667 g/mol. The molecule has 1 fully saturated rings. The zero-order valence-electron chi connectivity index (χ0n) is 21.0. The van der Waals surface area contributed by atoms with Crippen molar-refractivity contribution in [2.24, 2.45) is 4.99 Å². The number of nitrogens with zero attached hydrogens (tertiary/aromatic N) is 2. The Morgan fingerprint density at radius 2 is 1.69 bits per heavy atom. The molecule has 1 aliphatic heterocycles. The van der Waals surface area contributed by atoms with Gasteiger partial charge in [-0.1, -0.05) is 60.1 Å². The number of rotatable bonds is 8. The lowest BCUT2D eigenvalue weighted by Gasteiger charge is -2.15. The fourth-order valence-corrected chi connectivity index (χ4v) is 5.97. The first-order chi connectivity index (χ1) is 19.0. The lowest BCUT2D eigenvalue weighted by atomic mass is 10.1. The molecule has 0 spiro atoms. The maximum atomic E-state index is 13.6. The highest BCUT2D eigenvalue weighted by atomic mass is 127. The molecule has 0 bridgehead atoms. The van der Waals surface area contributed by atoms with Crippen molar-refractivity contribution >= 4 is 74.5 Å². The molecule has 0 aliphatic carbocycles. The highest BCUT2D eigenvalue weighted by Gasteiger charge is 2.34. The van der Waals surface area contributed by atoms with E-state index in [0.717, 1.165) is 26.1 Å². The zero-order chi connectivity index (χ0) is 27.2. The molecule has 0 N–H and O–H groups in total. The molecule has 8 heteroatoms. The molecule has 4 aromatic rings. The summed E-state index contributed by atoms with van der Waals surface area (Å²) in [5, 5.41) is 1.26. The second-order valence-corrected chi connectivity index (χ2v) is 11.1. The lowest BCUT2D eigenvalue weighted by molar-refractivity contribution is -0.113. The van der Waals surface area contributed by atoms with Crippen LogP contribution < -0.4 is 14.4 Å². The molecular weight excluding hydrogens is 643 g/mol. The van der Waals surface area contributed by atoms with E-state index in [1.54, 1.807) is 4.90 Å². The summed E-state index contributed by atoms with van der Waals surface area (Å²) in [6.07, 6.45) is 1.88. The van der Waals surface area contributed by atoms with Crippen molar-refractivity contribution in [2.75, 3.05) is 11.5 Å². The van der Waals surface area contributed by atoms with E-state index in [1.807, 2.05) is 110 Å². The molecule has 0 saturated carbocycles. The maximum Gasteiger partial charge on any atom is 0.271 e. The van der Waals surface area contributed by atoms with Crippen molar-refractivity contribution < 1.29 is 14.3 Å². The van der Waals surface area contributed by atoms with Gasteiger partial charge in [-0.15, -0.1) is 0 Å². The first kappa shape index (κ1) is 27.3. The molecule has 5 rings (SSSR count). The number of amides is 1. The molecule has 0 aromatic heterocycles.